The van der Waals surface area contributed by atoms with Crippen LogP contribution in [0.1, 0.15) is 90.0 Å². The van der Waals surface area contributed by atoms with Gasteiger partial charge in [0.15, 0.2) is 0 Å². The van der Waals surface area contributed by atoms with Gasteiger partial charge in [0.2, 0.25) is 0 Å². The quantitative estimate of drug-likeness (QED) is 0.121. The number of rotatable bonds is 11. The van der Waals surface area contributed by atoms with Crippen molar-refractivity contribution in [2.24, 2.45) is 0 Å². The Labute approximate surface area is 750 Å². The molecule has 0 saturated carbocycles. The Bertz CT molecular complexity index is 8690. The summed E-state index contributed by atoms with van der Waals surface area (Å²) in [6.07, 6.45) is 0. The summed E-state index contributed by atoms with van der Waals surface area (Å²) in [4.78, 5) is 5.04. The number of para-hydroxylation sites is 7. The molecule has 0 aliphatic carbocycles. The topological polar surface area (TPSA) is 50.8 Å². The zero-order valence-electron chi connectivity index (χ0n) is 79.9. The lowest BCUT2D eigenvalue weighted by molar-refractivity contribution is 0.569. The summed E-state index contributed by atoms with van der Waals surface area (Å²) < 4.78 is 102. The van der Waals surface area contributed by atoms with E-state index in [0.29, 0.717) is 17.0 Å². The molecule has 2 aliphatic rings. The molecule has 4 aromatic heterocycles. The molecule has 606 valence electrons. The molecule has 18 aromatic carbocycles. The summed E-state index contributed by atoms with van der Waals surface area (Å²) >= 11 is 0. The summed E-state index contributed by atoms with van der Waals surface area (Å²) in [5, 5.41) is 5.72. The number of benzene rings is 18. The molecule has 0 saturated heterocycles. The van der Waals surface area contributed by atoms with Crippen molar-refractivity contribution in [1.29, 1.82) is 0 Å². The van der Waals surface area contributed by atoms with E-state index in [2.05, 4.69) is 369 Å². The second-order valence-electron chi connectivity index (χ2n) is 37.2. The van der Waals surface area contributed by atoms with Gasteiger partial charge < -0.3 is 27.6 Å². The molecule has 6 heterocycles. The van der Waals surface area contributed by atoms with Gasteiger partial charge in [0.05, 0.1) is 33.4 Å². The number of hydrogen-bond donors (Lipinski definition) is 0. The normalized spacial score (nSPS) is 13.8. The number of hydrogen-bond acceptors (Lipinski definition) is 5. The fraction of sp³-hybridized carbons (Fsp3) is 0.100. The Balaban J connectivity index is 0.939. The minimum absolute atomic E-state index is 0.00130. The highest BCUT2D eigenvalue weighted by Gasteiger charge is 2.47. The lowest BCUT2D eigenvalue weighted by Crippen LogP contribution is -2.61. The van der Waals surface area contributed by atoms with Crippen molar-refractivity contribution >= 4 is 145 Å². The summed E-state index contributed by atoms with van der Waals surface area (Å²) in [5.74, 6) is 0. The average Bonchev–Trinajstić information content (AvgIpc) is 1.17. The molecule has 2 aliphatic heterocycles. The van der Waals surface area contributed by atoms with Crippen LogP contribution in [0.25, 0.3) is 182 Å². The minimum Gasteiger partial charge on any atom is -0.456 e. The van der Waals surface area contributed by atoms with Gasteiger partial charge in [-0.25, -0.2) is 0 Å². The van der Waals surface area contributed by atoms with Crippen molar-refractivity contribution < 1.29 is 24.2 Å². The van der Waals surface area contributed by atoms with Gasteiger partial charge in [-0.3, -0.25) is 0 Å². The molecular formula is C120H90BN3O3. The molecule has 22 aromatic rings. The molecular weight excluding hydrogens is 1540 g/mol. The van der Waals surface area contributed by atoms with Crippen molar-refractivity contribution in [3.63, 3.8) is 0 Å². The standard InChI is InChI=1S/C120H90BN3O3/c1-118(2,3)83-60-78(61-84(71-83)119(4,5)6)77-56-59-105-102(68-77)121-101-58-57-85(122-103-51-27-22-42-86(103)87-43-23-28-52-104(87)122)72-106(101)124(114-96(76-40-20-13-21-41-76)63-80(74-36-16-11-17-37-74)65-98(114)94-50-33-48-92-89-45-25-30-54-110(89)126-116(92)94)108-70-82(81-66-99-90-46-26-31-55-111(90)127-117(99)100(67-81)120(7,8)9)69-107(112(108)121)123(105)113-95(75-38-18-12-19-39-75)62-79(73-34-14-10-15-35-73)64-97(113)93-49-32-47-91-88-44-24-29-53-109(88)125-115(91)93/h10-72H,1-9H3/i22D,23D,27D,28D,42D,43D,51D,52D. The van der Waals surface area contributed by atoms with Crippen LogP contribution in [0, 0.1) is 0 Å². The SMILES string of the molecule is [2H]c1c([2H])c([2H])c2c(c1[2H])c1c([2H])c([2H])c([2H])c([2H])c1n2-c1ccc2c(c1)N(c1c(-c3ccccc3)cc(-c3ccccc3)cc1-c1cccc3c1oc1ccccc13)c1cc(-c3cc(C(C)(C)C)c4oc5ccccc5c4c3)cc3c1B2c1cc(-c2cc(C(C)(C)C)cc(C(C)(C)C)c2)ccc1N3c1c(-c2ccccc2)cc(-c2ccccc2)cc1-c1cccc2c1oc1ccccc12. The summed E-state index contributed by atoms with van der Waals surface area (Å²) in [6.45, 7) is 19.8. The molecule has 127 heavy (non-hydrogen) atoms. The third kappa shape index (κ3) is 12.2. The van der Waals surface area contributed by atoms with E-state index in [4.69, 9.17) is 13.3 Å². The molecule has 0 fully saturated rings. The minimum atomic E-state index is -0.682. The van der Waals surface area contributed by atoms with Gasteiger partial charge in [0, 0.05) is 110 Å². The maximum atomic E-state index is 10.2. The first-order valence-corrected chi connectivity index (χ1v) is 43.8. The maximum Gasteiger partial charge on any atom is 0.252 e. The zero-order valence-corrected chi connectivity index (χ0v) is 71.9. The Morgan fingerprint density at radius 2 is 0.677 bits per heavy atom. The average molecular weight is 1640 g/mol. The van der Waals surface area contributed by atoms with Crippen LogP contribution in [0.15, 0.2) is 395 Å². The van der Waals surface area contributed by atoms with Crippen molar-refractivity contribution in [2.75, 3.05) is 9.80 Å². The molecule has 0 radical (unpaired) electrons. The fourth-order valence-electron chi connectivity index (χ4n) is 20.2. The van der Waals surface area contributed by atoms with E-state index in [-0.39, 0.29) is 32.6 Å². The summed E-state index contributed by atoms with van der Waals surface area (Å²) in [5.41, 5.74) is 29.7. The molecule has 0 atom stereocenters. The predicted octanol–water partition coefficient (Wildman–Crippen LogP) is 31.8. The van der Waals surface area contributed by atoms with Crippen LogP contribution in [-0.4, -0.2) is 11.3 Å². The largest absolute Gasteiger partial charge is 0.456 e. The molecule has 24 rings (SSSR count). The van der Waals surface area contributed by atoms with Gasteiger partial charge in [-0.1, -0.05) is 347 Å². The fourth-order valence-corrected chi connectivity index (χ4v) is 20.2. The van der Waals surface area contributed by atoms with Crippen LogP contribution < -0.4 is 26.2 Å². The lowest BCUT2D eigenvalue weighted by atomic mass is 9.33. The predicted molar refractivity (Wildman–Crippen MR) is 536 cm³/mol. The van der Waals surface area contributed by atoms with Crippen LogP contribution >= 0.6 is 0 Å². The van der Waals surface area contributed by atoms with Gasteiger partial charge in [-0.05, 0) is 196 Å². The highest BCUT2D eigenvalue weighted by Crippen LogP contribution is 2.58. The Morgan fingerprint density at radius 3 is 1.17 bits per heavy atom. The molecule has 0 bridgehead atoms. The smallest absolute Gasteiger partial charge is 0.252 e. The molecule has 0 N–H and O–H groups in total. The van der Waals surface area contributed by atoms with Gasteiger partial charge >= 0.3 is 0 Å². The van der Waals surface area contributed by atoms with E-state index < -0.39 is 60.5 Å². The monoisotopic (exact) mass is 1640 g/mol. The molecule has 0 spiro atoms. The maximum absolute atomic E-state index is 10.2. The Kier molecular flexibility index (Phi) is 15.2. The number of furan rings is 3. The number of aromatic nitrogens is 1. The van der Waals surface area contributed by atoms with Crippen LogP contribution in [0.5, 0.6) is 0 Å². The van der Waals surface area contributed by atoms with Gasteiger partial charge in [-0.2, -0.15) is 0 Å². The highest BCUT2D eigenvalue weighted by atomic mass is 16.3. The molecule has 0 amide bonds. The molecule has 7 heteroatoms. The van der Waals surface area contributed by atoms with Crippen LogP contribution in [0.4, 0.5) is 34.1 Å². The van der Waals surface area contributed by atoms with Crippen LogP contribution in [0.2, 0.25) is 0 Å². The van der Waals surface area contributed by atoms with E-state index in [1.807, 2.05) is 36.4 Å². The van der Waals surface area contributed by atoms with Gasteiger partial charge in [0.25, 0.3) is 6.71 Å². The van der Waals surface area contributed by atoms with Crippen molar-refractivity contribution in [2.45, 2.75) is 78.6 Å². The van der Waals surface area contributed by atoms with Gasteiger partial charge in [0.1, 0.15) is 33.5 Å². The third-order valence-electron chi connectivity index (χ3n) is 26.4. The van der Waals surface area contributed by atoms with E-state index in [1.54, 1.807) is 4.57 Å². The lowest BCUT2D eigenvalue weighted by Gasteiger charge is -2.46. The van der Waals surface area contributed by atoms with E-state index in [9.17, 15) is 11.0 Å². The van der Waals surface area contributed by atoms with E-state index in [0.717, 1.165) is 200 Å². The zero-order chi connectivity index (χ0) is 92.4. The summed E-state index contributed by atoms with van der Waals surface area (Å²) in [7, 11) is 0. The van der Waals surface area contributed by atoms with E-state index in [1.165, 1.54) is 11.1 Å². The number of anilines is 6. The number of nitrogens with zero attached hydrogens (tertiary/aromatic N) is 3. The van der Waals surface area contributed by atoms with Crippen LogP contribution in [-0.2, 0) is 16.2 Å². The first-order valence-electron chi connectivity index (χ1n) is 47.8. The third-order valence-corrected chi connectivity index (χ3v) is 26.4. The first kappa shape index (κ1) is 67.3. The Hall–Kier alpha value is -15.2. The van der Waals surface area contributed by atoms with Crippen LogP contribution in [0.3, 0.4) is 0 Å². The van der Waals surface area contributed by atoms with Gasteiger partial charge in [-0.15, -0.1) is 0 Å². The second-order valence-corrected chi connectivity index (χ2v) is 37.2. The highest BCUT2D eigenvalue weighted by molar-refractivity contribution is 7.00. The molecule has 6 nitrogen and oxygen atoms in total. The second kappa shape index (κ2) is 28.7. The van der Waals surface area contributed by atoms with Crippen molar-refractivity contribution in [3.05, 3.63) is 399 Å². The van der Waals surface area contributed by atoms with Crippen molar-refractivity contribution in [1.82, 2.24) is 4.57 Å². The summed E-state index contributed by atoms with van der Waals surface area (Å²) in [6, 6.07) is 116. The Morgan fingerprint density at radius 1 is 0.260 bits per heavy atom. The van der Waals surface area contributed by atoms with Crippen molar-refractivity contribution in [3.8, 4) is 94.7 Å². The molecule has 0 unspecified atom stereocenters. The van der Waals surface area contributed by atoms with E-state index >= 15 is 0 Å². The number of fused-ring (bicyclic) bond motifs is 16. The first-order chi connectivity index (χ1) is 65.2.